The number of pyridine rings is 1. The zero-order valence-electron chi connectivity index (χ0n) is 12.9. The summed E-state index contributed by atoms with van der Waals surface area (Å²) in [6, 6.07) is 4.41. The lowest BCUT2D eigenvalue weighted by Gasteiger charge is -2.24. The van der Waals surface area contributed by atoms with E-state index in [2.05, 4.69) is 63.6 Å². The van der Waals surface area contributed by atoms with Gasteiger partial charge in [-0.2, -0.15) is 0 Å². The van der Waals surface area contributed by atoms with Crippen molar-refractivity contribution >= 4 is 21.7 Å². The highest BCUT2D eigenvalue weighted by atomic mass is 79.9. The molecule has 0 N–H and O–H groups in total. The Morgan fingerprint density at radius 2 is 1.95 bits per heavy atom. The van der Waals surface area contributed by atoms with Crippen LogP contribution in [0.15, 0.2) is 18.3 Å². The third-order valence-electron chi connectivity index (χ3n) is 3.93. The molecular weight excluding hydrogens is 314 g/mol. The van der Waals surface area contributed by atoms with E-state index in [1.54, 1.807) is 0 Å². The van der Waals surface area contributed by atoms with Crippen LogP contribution in [0.3, 0.4) is 0 Å². The van der Waals surface area contributed by atoms with Gasteiger partial charge in [0, 0.05) is 37.7 Å². The number of aromatic nitrogens is 1. The Morgan fingerprint density at radius 3 is 2.55 bits per heavy atom. The maximum absolute atomic E-state index is 4.68. The lowest BCUT2D eigenvalue weighted by Crippen LogP contribution is -2.32. The summed E-state index contributed by atoms with van der Waals surface area (Å²) in [4.78, 5) is 9.62. The van der Waals surface area contributed by atoms with Crippen molar-refractivity contribution in [2.75, 3.05) is 43.0 Å². The molecule has 2 heterocycles. The molecule has 0 bridgehead atoms. The van der Waals surface area contributed by atoms with Crippen LogP contribution in [0.1, 0.15) is 32.8 Å². The molecule has 4 heteroatoms. The maximum Gasteiger partial charge on any atom is 0.128 e. The van der Waals surface area contributed by atoms with Crippen LogP contribution in [-0.2, 0) is 5.41 Å². The molecule has 1 fully saturated rings. The number of anilines is 1. The monoisotopic (exact) mass is 339 g/mol. The van der Waals surface area contributed by atoms with Gasteiger partial charge in [-0.25, -0.2) is 4.98 Å². The lowest BCUT2D eigenvalue weighted by molar-refractivity contribution is 0.313. The van der Waals surface area contributed by atoms with Gasteiger partial charge in [-0.15, -0.1) is 0 Å². The predicted octanol–water partition coefficient (Wildman–Crippen LogP) is 3.29. The second-order valence-electron chi connectivity index (χ2n) is 6.53. The Hall–Kier alpha value is -0.610. The smallest absolute Gasteiger partial charge is 0.128 e. The highest BCUT2D eigenvalue weighted by molar-refractivity contribution is 9.09. The van der Waals surface area contributed by atoms with E-state index in [-0.39, 0.29) is 5.41 Å². The molecule has 3 nitrogen and oxygen atoms in total. The van der Waals surface area contributed by atoms with Gasteiger partial charge < -0.3 is 9.80 Å². The van der Waals surface area contributed by atoms with E-state index < -0.39 is 0 Å². The molecule has 0 amide bonds. The summed E-state index contributed by atoms with van der Waals surface area (Å²) in [5, 5.41) is 1.06. The van der Waals surface area contributed by atoms with Crippen LogP contribution >= 0.6 is 15.9 Å². The van der Waals surface area contributed by atoms with E-state index >= 15 is 0 Å². The molecule has 1 aliphatic heterocycles. The Labute approximate surface area is 131 Å². The van der Waals surface area contributed by atoms with E-state index in [1.165, 1.54) is 18.5 Å². The third-order valence-corrected chi connectivity index (χ3v) is 4.28. The summed E-state index contributed by atoms with van der Waals surface area (Å²) >= 11 is 3.53. The van der Waals surface area contributed by atoms with Gasteiger partial charge in [0.1, 0.15) is 5.82 Å². The van der Waals surface area contributed by atoms with Crippen LogP contribution in [0.25, 0.3) is 0 Å². The maximum atomic E-state index is 4.68. The summed E-state index contributed by atoms with van der Waals surface area (Å²) in [5.41, 5.74) is 1.48. The highest BCUT2D eigenvalue weighted by Crippen LogP contribution is 2.23. The SMILES string of the molecule is CC(C)(C)c1ccc(N2CCCN(CCBr)CC2)nc1. The number of nitrogens with zero attached hydrogens (tertiary/aromatic N) is 3. The van der Waals surface area contributed by atoms with Crippen molar-refractivity contribution in [2.24, 2.45) is 0 Å². The van der Waals surface area contributed by atoms with Crippen molar-refractivity contribution < 1.29 is 0 Å². The molecule has 1 aliphatic rings. The first kappa shape index (κ1) is 15.8. The summed E-state index contributed by atoms with van der Waals surface area (Å²) < 4.78 is 0. The van der Waals surface area contributed by atoms with Crippen molar-refractivity contribution in [3.05, 3.63) is 23.9 Å². The van der Waals surface area contributed by atoms with Crippen LogP contribution in [0.4, 0.5) is 5.82 Å². The molecule has 1 saturated heterocycles. The van der Waals surface area contributed by atoms with Crippen molar-refractivity contribution in [3.63, 3.8) is 0 Å². The Bertz CT molecular complexity index is 411. The molecule has 20 heavy (non-hydrogen) atoms. The molecule has 1 aromatic rings. The summed E-state index contributed by atoms with van der Waals surface area (Å²) in [5.74, 6) is 1.12. The van der Waals surface area contributed by atoms with Gasteiger partial charge in [0.2, 0.25) is 0 Å². The van der Waals surface area contributed by atoms with Crippen molar-refractivity contribution in [1.29, 1.82) is 0 Å². The van der Waals surface area contributed by atoms with Gasteiger partial charge in [-0.3, -0.25) is 0 Å². The zero-order chi connectivity index (χ0) is 14.6. The second-order valence-corrected chi connectivity index (χ2v) is 7.32. The zero-order valence-corrected chi connectivity index (χ0v) is 14.5. The van der Waals surface area contributed by atoms with Gasteiger partial charge >= 0.3 is 0 Å². The van der Waals surface area contributed by atoms with Crippen molar-refractivity contribution in [2.45, 2.75) is 32.6 Å². The molecule has 112 valence electrons. The predicted molar refractivity (Wildman–Crippen MR) is 90.0 cm³/mol. The van der Waals surface area contributed by atoms with Gasteiger partial charge in [-0.05, 0) is 30.0 Å². The van der Waals surface area contributed by atoms with E-state index in [9.17, 15) is 0 Å². The molecule has 0 saturated carbocycles. The molecule has 0 radical (unpaired) electrons. The fraction of sp³-hybridized carbons (Fsp3) is 0.688. The van der Waals surface area contributed by atoms with Crippen LogP contribution in [-0.4, -0.2) is 47.9 Å². The summed E-state index contributed by atoms with van der Waals surface area (Å²) in [6.07, 6.45) is 3.26. The Kier molecular flexibility index (Phi) is 5.44. The first-order valence-corrected chi connectivity index (χ1v) is 8.62. The molecule has 0 atom stereocenters. The minimum absolute atomic E-state index is 0.178. The number of rotatable bonds is 3. The van der Waals surface area contributed by atoms with E-state index in [0.717, 1.165) is 37.3 Å². The normalized spacial score (nSPS) is 18.1. The van der Waals surface area contributed by atoms with Crippen LogP contribution < -0.4 is 4.90 Å². The Morgan fingerprint density at radius 1 is 1.15 bits per heavy atom. The molecule has 2 rings (SSSR count). The number of halogens is 1. The molecule has 0 spiro atoms. The molecule has 0 aliphatic carbocycles. The number of alkyl halides is 1. The fourth-order valence-corrected chi connectivity index (χ4v) is 3.06. The largest absolute Gasteiger partial charge is 0.355 e. The van der Waals surface area contributed by atoms with Crippen LogP contribution in [0.2, 0.25) is 0 Å². The van der Waals surface area contributed by atoms with Crippen molar-refractivity contribution in [1.82, 2.24) is 9.88 Å². The summed E-state index contributed by atoms with van der Waals surface area (Å²) in [7, 11) is 0. The molecular formula is C16H26BrN3. The van der Waals surface area contributed by atoms with Gasteiger partial charge in [0.15, 0.2) is 0 Å². The Balaban J connectivity index is 2.01. The summed E-state index contributed by atoms with van der Waals surface area (Å²) in [6.45, 7) is 12.4. The van der Waals surface area contributed by atoms with Gasteiger partial charge in [0.05, 0.1) is 0 Å². The van der Waals surface area contributed by atoms with E-state index in [4.69, 9.17) is 0 Å². The van der Waals surface area contributed by atoms with Crippen LogP contribution in [0, 0.1) is 0 Å². The second kappa shape index (κ2) is 6.90. The lowest BCUT2D eigenvalue weighted by atomic mass is 9.88. The average molecular weight is 340 g/mol. The van der Waals surface area contributed by atoms with Crippen LogP contribution in [0.5, 0.6) is 0 Å². The standard InChI is InChI=1S/C16H26BrN3/c1-16(2,3)14-5-6-15(18-13-14)20-9-4-8-19(10-7-17)11-12-20/h5-6,13H,4,7-12H2,1-3H3. The minimum Gasteiger partial charge on any atom is -0.355 e. The molecule has 0 aromatic carbocycles. The first-order valence-electron chi connectivity index (χ1n) is 7.50. The molecule has 1 aromatic heterocycles. The first-order chi connectivity index (χ1) is 9.50. The quantitative estimate of drug-likeness (QED) is 0.787. The fourth-order valence-electron chi connectivity index (χ4n) is 2.56. The van der Waals surface area contributed by atoms with Gasteiger partial charge in [-0.1, -0.05) is 42.8 Å². The average Bonchev–Trinajstić information content (AvgIpc) is 2.64. The van der Waals surface area contributed by atoms with Gasteiger partial charge in [0.25, 0.3) is 0 Å². The number of hydrogen-bond acceptors (Lipinski definition) is 3. The topological polar surface area (TPSA) is 19.4 Å². The van der Waals surface area contributed by atoms with E-state index in [0.29, 0.717) is 0 Å². The third kappa shape index (κ3) is 4.19. The van der Waals surface area contributed by atoms with Crippen molar-refractivity contribution in [3.8, 4) is 0 Å². The van der Waals surface area contributed by atoms with E-state index in [1.807, 2.05) is 6.20 Å². The molecule has 0 unspecified atom stereocenters. The highest BCUT2D eigenvalue weighted by Gasteiger charge is 2.17. The number of hydrogen-bond donors (Lipinski definition) is 0. The minimum atomic E-state index is 0.178.